The van der Waals surface area contributed by atoms with Crippen molar-refractivity contribution in [3.05, 3.63) is 0 Å². The summed E-state index contributed by atoms with van der Waals surface area (Å²) in [6.07, 6.45) is 3.64. The summed E-state index contributed by atoms with van der Waals surface area (Å²) in [6, 6.07) is 0. The van der Waals surface area contributed by atoms with Crippen molar-refractivity contribution in [3.8, 4) is 0 Å². The second-order valence-electron chi connectivity index (χ2n) is 5.70. The molecule has 0 bridgehead atoms. The molecule has 1 saturated carbocycles. The summed E-state index contributed by atoms with van der Waals surface area (Å²) in [4.78, 5) is 24.9. The van der Waals surface area contributed by atoms with Crippen molar-refractivity contribution >= 4 is 11.8 Å². The molecule has 1 aliphatic heterocycles. The van der Waals surface area contributed by atoms with Crippen molar-refractivity contribution in [1.82, 2.24) is 15.5 Å². The Morgan fingerprint density at radius 3 is 2.61 bits per heavy atom. The Hall–Kier alpha value is -1.10. The maximum Gasteiger partial charge on any atom is 0.223 e. The molecule has 2 rings (SSSR count). The molecule has 1 unspecified atom stereocenters. The van der Waals surface area contributed by atoms with Crippen molar-refractivity contribution in [2.45, 2.75) is 25.7 Å². The Kier molecular flexibility index (Phi) is 3.90. The van der Waals surface area contributed by atoms with E-state index >= 15 is 0 Å². The number of carbonyl (C=O) groups excluding carboxylic acids is 2. The first-order valence-corrected chi connectivity index (χ1v) is 6.74. The van der Waals surface area contributed by atoms with Gasteiger partial charge < -0.3 is 15.5 Å². The van der Waals surface area contributed by atoms with E-state index in [1.807, 2.05) is 0 Å². The van der Waals surface area contributed by atoms with Gasteiger partial charge >= 0.3 is 0 Å². The third-order valence-corrected chi connectivity index (χ3v) is 4.24. The van der Waals surface area contributed by atoms with E-state index in [-0.39, 0.29) is 23.1 Å². The minimum Gasteiger partial charge on any atom is -0.355 e. The van der Waals surface area contributed by atoms with Crippen molar-refractivity contribution < 1.29 is 9.59 Å². The van der Waals surface area contributed by atoms with Crippen LogP contribution in [0.2, 0.25) is 0 Å². The number of nitrogens with one attached hydrogen (secondary N) is 2. The molecule has 2 fully saturated rings. The van der Waals surface area contributed by atoms with Crippen LogP contribution in [0.5, 0.6) is 0 Å². The van der Waals surface area contributed by atoms with E-state index in [0.29, 0.717) is 13.0 Å². The fourth-order valence-electron chi connectivity index (χ4n) is 2.84. The summed E-state index contributed by atoms with van der Waals surface area (Å²) in [5.41, 5.74) is 0.279. The van der Waals surface area contributed by atoms with E-state index in [4.69, 9.17) is 0 Å². The van der Waals surface area contributed by atoms with Crippen LogP contribution >= 0.6 is 0 Å². The van der Waals surface area contributed by atoms with Crippen LogP contribution in [0.4, 0.5) is 0 Å². The third kappa shape index (κ3) is 2.83. The Morgan fingerprint density at radius 2 is 2.00 bits per heavy atom. The number of rotatable bonds is 4. The van der Waals surface area contributed by atoms with Crippen LogP contribution in [0.3, 0.4) is 0 Å². The molecule has 1 spiro atoms. The largest absolute Gasteiger partial charge is 0.355 e. The van der Waals surface area contributed by atoms with E-state index in [0.717, 1.165) is 32.4 Å². The molecule has 2 N–H and O–H groups in total. The summed E-state index contributed by atoms with van der Waals surface area (Å²) in [5, 5.41) is 6.22. The van der Waals surface area contributed by atoms with E-state index in [1.54, 1.807) is 19.0 Å². The fourth-order valence-corrected chi connectivity index (χ4v) is 2.84. The van der Waals surface area contributed by atoms with Gasteiger partial charge in [0.05, 0.1) is 0 Å². The van der Waals surface area contributed by atoms with Crippen LogP contribution in [-0.2, 0) is 9.59 Å². The predicted octanol–water partition coefficient (Wildman–Crippen LogP) is -0.0294. The molecular weight excluding hydrogens is 230 g/mol. The number of nitrogens with zero attached hydrogens (tertiary/aromatic N) is 1. The van der Waals surface area contributed by atoms with E-state index in [1.165, 1.54) is 0 Å². The maximum absolute atomic E-state index is 12.0. The van der Waals surface area contributed by atoms with Crippen molar-refractivity contribution in [3.63, 3.8) is 0 Å². The first-order valence-electron chi connectivity index (χ1n) is 6.74. The monoisotopic (exact) mass is 253 g/mol. The molecule has 2 amide bonds. The van der Waals surface area contributed by atoms with Crippen molar-refractivity contribution in [1.29, 1.82) is 0 Å². The molecule has 0 aromatic carbocycles. The molecule has 0 radical (unpaired) electrons. The van der Waals surface area contributed by atoms with Gasteiger partial charge in [-0.15, -0.1) is 0 Å². The molecule has 1 aliphatic carbocycles. The van der Waals surface area contributed by atoms with Crippen LogP contribution in [0.1, 0.15) is 25.7 Å². The second kappa shape index (κ2) is 5.26. The quantitative estimate of drug-likeness (QED) is 0.739. The average molecular weight is 253 g/mol. The molecule has 2 aliphatic rings. The highest BCUT2D eigenvalue weighted by Gasteiger charge is 2.57. The van der Waals surface area contributed by atoms with Gasteiger partial charge in [-0.3, -0.25) is 9.59 Å². The van der Waals surface area contributed by atoms with Crippen LogP contribution in [-0.4, -0.2) is 50.4 Å². The number of amides is 2. The minimum absolute atomic E-state index is 0.0580. The molecule has 1 heterocycles. The predicted molar refractivity (Wildman–Crippen MR) is 69.0 cm³/mol. The molecule has 102 valence electrons. The lowest BCUT2D eigenvalue weighted by atomic mass is 9.92. The number of carbonyl (C=O) groups is 2. The maximum atomic E-state index is 12.0. The lowest BCUT2D eigenvalue weighted by Crippen LogP contribution is -2.35. The van der Waals surface area contributed by atoms with Crippen LogP contribution in [0, 0.1) is 11.3 Å². The molecule has 1 atom stereocenters. The number of hydrogen-bond acceptors (Lipinski definition) is 3. The van der Waals surface area contributed by atoms with E-state index < -0.39 is 0 Å². The van der Waals surface area contributed by atoms with E-state index in [2.05, 4.69) is 10.6 Å². The summed E-state index contributed by atoms with van der Waals surface area (Å²) < 4.78 is 0. The molecule has 0 aromatic heterocycles. The molecule has 5 nitrogen and oxygen atoms in total. The number of piperidine rings is 1. The van der Waals surface area contributed by atoms with Gasteiger partial charge in [0, 0.05) is 33.0 Å². The van der Waals surface area contributed by atoms with Crippen molar-refractivity contribution in [2.75, 3.05) is 33.7 Å². The lowest BCUT2D eigenvalue weighted by Gasteiger charge is -2.23. The Bertz CT molecular complexity index is 335. The number of hydrogen-bond donors (Lipinski definition) is 2. The summed E-state index contributed by atoms with van der Waals surface area (Å²) in [7, 11) is 3.46. The Balaban J connectivity index is 1.69. The van der Waals surface area contributed by atoms with Gasteiger partial charge in [-0.1, -0.05) is 0 Å². The third-order valence-electron chi connectivity index (χ3n) is 4.24. The lowest BCUT2D eigenvalue weighted by molar-refractivity contribution is -0.128. The van der Waals surface area contributed by atoms with Gasteiger partial charge in [-0.2, -0.15) is 0 Å². The van der Waals surface area contributed by atoms with Gasteiger partial charge in [-0.05, 0) is 37.8 Å². The van der Waals surface area contributed by atoms with Crippen LogP contribution in [0.25, 0.3) is 0 Å². The summed E-state index contributed by atoms with van der Waals surface area (Å²) >= 11 is 0. The van der Waals surface area contributed by atoms with Crippen molar-refractivity contribution in [2.24, 2.45) is 11.3 Å². The topological polar surface area (TPSA) is 61.4 Å². The molecule has 1 saturated heterocycles. The molecule has 18 heavy (non-hydrogen) atoms. The SMILES string of the molecule is CN(C)C(=O)CCNC(=O)C1CC12CCNCC2. The zero-order chi connectivity index (χ0) is 13.2. The summed E-state index contributed by atoms with van der Waals surface area (Å²) in [6.45, 7) is 2.52. The van der Waals surface area contributed by atoms with Gasteiger partial charge in [-0.25, -0.2) is 0 Å². The fraction of sp³-hybridized carbons (Fsp3) is 0.846. The second-order valence-corrected chi connectivity index (χ2v) is 5.70. The highest BCUT2D eigenvalue weighted by molar-refractivity contribution is 5.83. The minimum atomic E-state index is 0.0580. The first kappa shape index (κ1) is 13.3. The smallest absolute Gasteiger partial charge is 0.223 e. The first-order chi connectivity index (χ1) is 8.55. The van der Waals surface area contributed by atoms with Gasteiger partial charge in [0.25, 0.3) is 0 Å². The average Bonchev–Trinajstić information content (AvgIpc) is 3.03. The Labute approximate surface area is 108 Å². The van der Waals surface area contributed by atoms with Gasteiger partial charge in [0.15, 0.2) is 0 Å². The standard InChI is InChI=1S/C13H23N3O2/c1-16(2)11(17)3-6-15-12(18)10-9-13(10)4-7-14-8-5-13/h10,14H,3-9H2,1-2H3,(H,15,18). The normalized spacial score (nSPS) is 24.7. The molecule has 0 aromatic rings. The van der Waals surface area contributed by atoms with E-state index in [9.17, 15) is 9.59 Å². The van der Waals surface area contributed by atoms with Gasteiger partial charge in [0.1, 0.15) is 0 Å². The molecule has 5 heteroatoms. The highest BCUT2D eigenvalue weighted by Crippen LogP contribution is 2.58. The highest BCUT2D eigenvalue weighted by atomic mass is 16.2. The van der Waals surface area contributed by atoms with Crippen LogP contribution < -0.4 is 10.6 Å². The van der Waals surface area contributed by atoms with Gasteiger partial charge in [0.2, 0.25) is 11.8 Å². The molecular formula is C13H23N3O2. The zero-order valence-electron chi connectivity index (χ0n) is 11.3. The zero-order valence-corrected chi connectivity index (χ0v) is 11.3. The Morgan fingerprint density at radius 1 is 1.33 bits per heavy atom. The van der Waals surface area contributed by atoms with Crippen LogP contribution in [0.15, 0.2) is 0 Å². The summed E-state index contributed by atoms with van der Waals surface area (Å²) in [5.74, 6) is 0.389.